The van der Waals surface area contributed by atoms with Crippen LogP contribution in [0.5, 0.6) is 0 Å². The quantitative estimate of drug-likeness (QED) is 0.219. The second-order valence-electron chi connectivity index (χ2n) is 6.01. The van der Waals surface area contributed by atoms with E-state index >= 15 is 0 Å². The Kier molecular flexibility index (Phi) is 17.5. The predicted octanol–water partition coefficient (Wildman–Crippen LogP) is 7.07. The van der Waals surface area contributed by atoms with Gasteiger partial charge in [0.15, 0.2) is 0 Å². The Balaban J connectivity index is 2.92. The molecule has 0 aromatic rings. The molecule has 0 spiro atoms. The third-order valence-electron chi connectivity index (χ3n) is 3.85. The van der Waals surface area contributed by atoms with Gasteiger partial charge in [0, 0.05) is 6.61 Å². The molecular weight excluding hydrogens is 268 g/mol. The van der Waals surface area contributed by atoms with Crippen LogP contribution in [-0.4, -0.2) is 12.2 Å². The van der Waals surface area contributed by atoms with Crippen LogP contribution >= 0.6 is 11.6 Å². The van der Waals surface area contributed by atoms with Crippen molar-refractivity contribution in [1.82, 2.24) is 0 Å². The van der Waals surface area contributed by atoms with Crippen molar-refractivity contribution in [3.63, 3.8) is 0 Å². The normalized spacial score (nSPS) is 12.8. The van der Waals surface area contributed by atoms with Crippen molar-refractivity contribution in [1.29, 1.82) is 0 Å². The highest BCUT2D eigenvalue weighted by atomic mass is 35.5. The Hall–Kier alpha value is 0.250. The number of alkyl halides is 1. The molecule has 1 nitrogen and oxygen atoms in total. The monoisotopic (exact) mass is 304 g/mol. The minimum Gasteiger partial charge on any atom is -0.363 e. The van der Waals surface area contributed by atoms with Gasteiger partial charge in [-0.05, 0) is 13.3 Å². The molecule has 0 bridgehead atoms. The first-order chi connectivity index (χ1) is 9.77. The third kappa shape index (κ3) is 18.2. The summed E-state index contributed by atoms with van der Waals surface area (Å²) in [6.07, 6.45) is 19.6. The smallest absolute Gasteiger partial charge is 0.128 e. The Bertz CT molecular complexity index is 171. The molecule has 0 heterocycles. The standard InChI is InChI=1S/C18H37ClO/c1-3-4-5-6-7-8-9-10-11-12-13-14-15-16-17-20-18(2)19/h18H,3-17H2,1-2H3. The average molecular weight is 305 g/mol. The van der Waals surface area contributed by atoms with E-state index < -0.39 is 0 Å². The Morgan fingerprint density at radius 1 is 0.650 bits per heavy atom. The fourth-order valence-electron chi connectivity index (χ4n) is 2.54. The highest BCUT2D eigenvalue weighted by Gasteiger charge is 1.96. The summed E-state index contributed by atoms with van der Waals surface area (Å²) in [5, 5.41) is 0. The van der Waals surface area contributed by atoms with Crippen molar-refractivity contribution in [3.8, 4) is 0 Å². The van der Waals surface area contributed by atoms with Gasteiger partial charge < -0.3 is 4.74 Å². The maximum Gasteiger partial charge on any atom is 0.128 e. The third-order valence-corrected chi connectivity index (χ3v) is 3.97. The molecule has 0 radical (unpaired) electrons. The Morgan fingerprint density at radius 2 is 1.00 bits per heavy atom. The van der Waals surface area contributed by atoms with E-state index in [0.717, 1.165) is 13.0 Å². The van der Waals surface area contributed by atoms with Crippen LogP contribution < -0.4 is 0 Å². The van der Waals surface area contributed by atoms with Crippen LogP contribution in [0.1, 0.15) is 104 Å². The molecule has 0 aliphatic heterocycles. The first kappa shape index (κ1) is 20.2. The molecule has 122 valence electrons. The number of rotatable bonds is 16. The molecule has 0 fully saturated rings. The highest BCUT2D eigenvalue weighted by Crippen LogP contribution is 2.13. The predicted molar refractivity (Wildman–Crippen MR) is 91.6 cm³/mol. The lowest BCUT2D eigenvalue weighted by Gasteiger charge is -2.05. The summed E-state index contributed by atoms with van der Waals surface area (Å²) in [6.45, 7) is 4.99. The second-order valence-corrected chi connectivity index (χ2v) is 6.62. The lowest BCUT2D eigenvalue weighted by atomic mass is 10.0. The number of halogens is 1. The van der Waals surface area contributed by atoms with Gasteiger partial charge in [0.05, 0.1) is 0 Å². The second kappa shape index (κ2) is 17.3. The van der Waals surface area contributed by atoms with Gasteiger partial charge in [0.25, 0.3) is 0 Å². The summed E-state index contributed by atoms with van der Waals surface area (Å²) < 4.78 is 5.31. The first-order valence-corrected chi connectivity index (χ1v) is 9.46. The molecule has 1 unspecified atom stereocenters. The summed E-state index contributed by atoms with van der Waals surface area (Å²) in [5.41, 5.74) is -0.128. The van der Waals surface area contributed by atoms with Gasteiger partial charge >= 0.3 is 0 Å². The van der Waals surface area contributed by atoms with E-state index in [9.17, 15) is 0 Å². The maximum atomic E-state index is 5.71. The van der Waals surface area contributed by atoms with Gasteiger partial charge in [-0.15, -0.1) is 0 Å². The lowest BCUT2D eigenvalue weighted by Crippen LogP contribution is -2.00. The minimum absolute atomic E-state index is 0.128. The molecule has 0 aliphatic rings. The fourth-order valence-corrected chi connectivity index (χ4v) is 2.63. The summed E-state index contributed by atoms with van der Waals surface area (Å²) in [4.78, 5) is 0. The van der Waals surface area contributed by atoms with E-state index in [4.69, 9.17) is 16.3 Å². The maximum absolute atomic E-state index is 5.71. The number of hydrogen-bond donors (Lipinski definition) is 0. The van der Waals surface area contributed by atoms with E-state index in [1.54, 1.807) is 0 Å². The molecule has 0 saturated heterocycles. The zero-order valence-electron chi connectivity index (χ0n) is 14.0. The van der Waals surface area contributed by atoms with Crippen molar-refractivity contribution in [2.75, 3.05) is 6.61 Å². The fraction of sp³-hybridized carbons (Fsp3) is 1.00. The van der Waals surface area contributed by atoms with Crippen molar-refractivity contribution in [2.45, 2.75) is 109 Å². The van der Waals surface area contributed by atoms with Crippen LogP contribution in [0.3, 0.4) is 0 Å². The van der Waals surface area contributed by atoms with E-state index in [0.29, 0.717) is 0 Å². The molecule has 0 rings (SSSR count). The van der Waals surface area contributed by atoms with Crippen molar-refractivity contribution >= 4 is 11.6 Å². The topological polar surface area (TPSA) is 9.23 Å². The van der Waals surface area contributed by atoms with E-state index in [1.165, 1.54) is 83.5 Å². The zero-order valence-corrected chi connectivity index (χ0v) is 14.7. The number of ether oxygens (including phenoxy) is 1. The number of unbranched alkanes of at least 4 members (excludes halogenated alkanes) is 13. The molecule has 0 amide bonds. The molecule has 0 saturated carbocycles. The van der Waals surface area contributed by atoms with Crippen LogP contribution in [0.15, 0.2) is 0 Å². The van der Waals surface area contributed by atoms with Crippen LogP contribution in [0.25, 0.3) is 0 Å². The van der Waals surface area contributed by atoms with Gasteiger partial charge in [-0.2, -0.15) is 0 Å². The van der Waals surface area contributed by atoms with E-state index in [2.05, 4.69) is 6.92 Å². The molecule has 1 atom stereocenters. The van der Waals surface area contributed by atoms with Crippen LogP contribution in [-0.2, 0) is 4.74 Å². The molecule has 2 heteroatoms. The molecule has 0 N–H and O–H groups in total. The van der Waals surface area contributed by atoms with Crippen molar-refractivity contribution < 1.29 is 4.74 Å². The molecule has 0 aliphatic carbocycles. The van der Waals surface area contributed by atoms with E-state index in [1.807, 2.05) is 6.92 Å². The molecule has 0 aromatic heterocycles. The summed E-state index contributed by atoms with van der Waals surface area (Å²) in [6, 6.07) is 0. The average Bonchev–Trinajstić information content (AvgIpc) is 2.43. The van der Waals surface area contributed by atoms with Crippen LogP contribution in [0.2, 0.25) is 0 Å². The van der Waals surface area contributed by atoms with Gasteiger partial charge in [-0.1, -0.05) is 102 Å². The van der Waals surface area contributed by atoms with Crippen LogP contribution in [0, 0.1) is 0 Å². The number of hydrogen-bond acceptors (Lipinski definition) is 1. The Labute approximate surface area is 132 Å². The van der Waals surface area contributed by atoms with Gasteiger partial charge in [0.1, 0.15) is 5.56 Å². The van der Waals surface area contributed by atoms with Crippen LogP contribution in [0.4, 0.5) is 0 Å². The van der Waals surface area contributed by atoms with Gasteiger partial charge in [-0.3, -0.25) is 0 Å². The van der Waals surface area contributed by atoms with Gasteiger partial charge in [0.2, 0.25) is 0 Å². The zero-order chi connectivity index (χ0) is 14.9. The summed E-state index contributed by atoms with van der Waals surface area (Å²) in [5.74, 6) is 0. The molecule has 20 heavy (non-hydrogen) atoms. The largest absolute Gasteiger partial charge is 0.363 e. The highest BCUT2D eigenvalue weighted by molar-refractivity contribution is 6.19. The summed E-state index contributed by atoms with van der Waals surface area (Å²) >= 11 is 5.71. The summed E-state index contributed by atoms with van der Waals surface area (Å²) in [7, 11) is 0. The minimum atomic E-state index is -0.128. The molecular formula is C18H37ClO. The lowest BCUT2D eigenvalue weighted by molar-refractivity contribution is 0.115. The van der Waals surface area contributed by atoms with E-state index in [-0.39, 0.29) is 5.56 Å². The Morgan fingerprint density at radius 3 is 1.35 bits per heavy atom. The van der Waals surface area contributed by atoms with Crippen molar-refractivity contribution in [2.24, 2.45) is 0 Å². The van der Waals surface area contributed by atoms with Gasteiger partial charge in [-0.25, -0.2) is 0 Å². The molecule has 0 aromatic carbocycles. The van der Waals surface area contributed by atoms with Crippen molar-refractivity contribution in [3.05, 3.63) is 0 Å². The SMILES string of the molecule is CCCCCCCCCCCCCCCCOC(C)Cl. The first-order valence-electron chi connectivity index (χ1n) is 9.03.